The normalized spacial score (nSPS) is 14.7. The van der Waals surface area contributed by atoms with Crippen molar-refractivity contribution in [2.75, 3.05) is 4.90 Å². The summed E-state index contributed by atoms with van der Waals surface area (Å²) >= 11 is 0. The van der Waals surface area contributed by atoms with E-state index in [1.54, 1.807) is 0 Å². The van der Waals surface area contributed by atoms with Gasteiger partial charge in [-0.25, -0.2) is 15.0 Å². The van der Waals surface area contributed by atoms with Crippen LogP contribution in [0.2, 0.25) is 0 Å². The lowest BCUT2D eigenvalue weighted by Crippen LogP contribution is -2.30. The van der Waals surface area contributed by atoms with Crippen molar-refractivity contribution in [3.05, 3.63) is 253 Å². The molecule has 68 heavy (non-hydrogen) atoms. The lowest BCUT2D eigenvalue weighted by molar-refractivity contribution is 0.584. The van der Waals surface area contributed by atoms with Crippen LogP contribution in [0.4, 0.5) is 11.4 Å². The molecule has 0 saturated carbocycles. The third kappa shape index (κ3) is 6.92. The van der Waals surface area contributed by atoms with Crippen molar-refractivity contribution in [3.8, 4) is 78.7 Å². The van der Waals surface area contributed by atoms with Crippen molar-refractivity contribution in [2.24, 2.45) is 0 Å². The quantitative estimate of drug-likeness (QED) is 0.152. The highest BCUT2D eigenvalue weighted by molar-refractivity contribution is 6.00. The topological polar surface area (TPSA) is 55.1 Å². The first-order valence-electron chi connectivity index (χ1n) is 23.2. The molecule has 3 heterocycles. The van der Waals surface area contributed by atoms with Crippen molar-refractivity contribution >= 4 is 28.4 Å². The van der Waals surface area contributed by atoms with Gasteiger partial charge in [-0.2, -0.15) is 0 Å². The van der Waals surface area contributed by atoms with Crippen molar-refractivity contribution in [1.29, 1.82) is 0 Å². The van der Waals surface area contributed by atoms with Gasteiger partial charge in [0.05, 0.1) is 6.04 Å². The molecule has 13 rings (SSSR count). The van der Waals surface area contributed by atoms with Gasteiger partial charge in [0.2, 0.25) is 0 Å². The number of nitrogens with zero attached hydrogens (tertiary/aromatic N) is 4. The second-order valence-electron chi connectivity index (χ2n) is 17.5. The van der Waals surface area contributed by atoms with Crippen LogP contribution in [0, 0.1) is 0 Å². The van der Waals surface area contributed by atoms with E-state index in [1.165, 1.54) is 33.5 Å². The van der Waals surface area contributed by atoms with Gasteiger partial charge in [0.25, 0.3) is 0 Å². The third-order valence-electron chi connectivity index (χ3n) is 13.5. The average Bonchev–Trinajstić information content (AvgIpc) is 3.98. The minimum absolute atomic E-state index is 0.00679. The Balaban J connectivity index is 0.911. The molecular weight excluding hydrogens is 829 g/mol. The minimum Gasteiger partial charge on any atom is -0.456 e. The van der Waals surface area contributed by atoms with E-state index in [1.807, 2.05) is 18.2 Å². The summed E-state index contributed by atoms with van der Waals surface area (Å²) in [6.45, 7) is 0. The molecule has 0 bridgehead atoms. The van der Waals surface area contributed by atoms with Crippen LogP contribution in [-0.2, 0) is 0 Å². The van der Waals surface area contributed by atoms with Crippen LogP contribution in [0.5, 0.6) is 0 Å². The Bertz CT molecular complexity index is 3560. The van der Waals surface area contributed by atoms with Crippen LogP contribution in [0.1, 0.15) is 22.8 Å². The highest BCUT2D eigenvalue weighted by atomic mass is 16.3. The molecule has 1 aliphatic heterocycles. The number of hydrogen-bond acceptors (Lipinski definition) is 5. The molecule has 2 aromatic heterocycles. The van der Waals surface area contributed by atoms with Gasteiger partial charge in [-0.1, -0.05) is 206 Å². The number of furan rings is 1. The Hall–Kier alpha value is -8.93. The number of rotatable bonds is 8. The molecule has 2 atom stereocenters. The summed E-state index contributed by atoms with van der Waals surface area (Å²) in [6, 6.07) is 81.3. The second kappa shape index (κ2) is 16.5. The fraction of sp³-hybridized carbons (Fsp3) is 0.0317. The fourth-order valence-corrected chi connectivity index (χ4v) is 10.3. The molecule has 1 aliphatic carbocycles. The Kier molecular flexibility index (Phi) is 9.57. The Labute approximate surface area is 395 Å². The van der Waals surface area contributed by atoms with E-state index < -0.39 is 0 Å². The molecule has 320 valence electrons. The Morgan fingerprint density at radius 1 is 0.382 bits per heavy atom. The van der Waals surface area contributed by atoms with Crippen LogP contribution < -0.4 is 4.90 Å². The molecule has 0 saturated heterocycles. The van der Waals surface area contributed by atoms with Crippen LogP contribution >= 0.6 is 0 Å². The number of benzene rings is 9. The van der Waals surface area contributed by atoms with Crippen LogP contribution in [0.25, 0.3) is 95.7 Å². The van der Waals surface area contributed by atoms with Gasteiger partial charge in [-0.05, 0) is 86.5 Å². The van der Waals surface area contributed by atoms with Crippen molar-refractivity contribution in [3.63, 3.8) is 0 Å². The number of fused-ring (bicyclic) bond motifs is 7. The van der Waals surface area contributed by atoms with E-state index in [9.17, 15) is 0 Å². The van der Waals surface area contributed by atoms with Crippen LogP contribution in [0.15, 0.2) is 241 Å². The number of anilines is 2. The van der Waals surface area contributed by atoms with E-state index in [-0.39, 0.29) is 12.0 Å². The van der Waals surface area contributed by atoms with Gasteiger partial charge in [-0.3, -0.25) is 0 Å². The molecular formula is C63H42N4O. The van der Waals surface area contributed by atoms with E-state index in [0.717, 1.165) is 66.9 Å². The summed E-state index contributed by atoms with van der Waals surface area (Å²) < 4.78 is 6.79. The molecule has 0 fully saturated rings. The lowest BCUT2D eigenvalue weighted by atomic mass is 9.81. The van der Waals surface area contributed by atoms with Gasteiger partial charge >= 0.3 is 0 Å². The molecule has 2 aliphatic rings. The monoisotopic (exact) mass is 870 g/mol. The maximum absolute atomic E-state index is 6.79. The van der Waals surface area contributed by atoms with Crippen LogP contribution in [0.3, 0.4) is 0 Å². The third-order valence-corrected chi connectivity index (χ3v) is 13.5. The predicted octanol–water partition coefficient (Wildman–Crippen LogP) is 16.0. The van der Waals surface area contributed by atoms with E-state index in [0.29, 0.717) is 17.5 Å². The fourth-order valence-electron chi connectivity index (χ4n) is 10.3. The zero-order chi connectivity index (χ0) is 45.0. The predicted molar refractivity (Wildman–Crippen MR) is 277 cm³/mol. The zero-order valence-corrected chi connectivity index (χ0v) is 36.9. The molecule has 5 heteroatoms. The summed E-state index contributed by atoms with van der Waals surface area (Å²) in [5.41, 5.74) is 17.6. The summed E-state index contributed by atoms with van der Waals surface area (Å²) in [5.74, 6) is 2.67. The molecule has 2 unspecified atom stereocenters. The van der Waals surface area contributed by atoms with Crippen molar-refractivity contribution < 1.29 is 4.42 Å². The first-order chi connectivity index (χ1) is 33.7. The molecule has 0 amide bonds. The number of aromatic nitrogens is 3. The van der Waals surface area contributed by atoms with Gasteiger partial charge in [-0.15, -0.1) is 0 Å². The average molecular weight is 871 g/mol. The minimum atomic E-state index is -0.00679. The van der Waals surface area contributed by atoms with Crippen molar-refractivity contribution in [1.82, 2.24) is 15.0 Å². The number of para-hydroxylation sites is 1. The summed E-state index contributed by atoms with van der Waals surface area (Å²) in [5, 5.41) is 1.02. The lowest BCUT2D eigenvalue weighted by Gasteiger charge is -2.30. The van der Waals surface area contributed by atoms with Gasteiger partial charge in [0.1, 0.15) is 11.3 Å². The Morgan fingerprint density at radius 3 is 1.44 bits per heavy atom. The summed E-state index contributed by atoms with van der Waals surface area (Å²) in [4.78, 5) is 18.3. The molecule has 0 spiro atoms. The highest BCUT2D eigenvalue weighted by Crippen LogP contribution is 2.54. The SMILES string of the molecule is C1=CC2C(c3ccccc3N2c2ccc(-c3cccc(-c4ccccc4)c3)cc2)c2c1oc1cccc(-c3nc(-c4ccc(-c5ccccc5)cc4)nc(-c4ccc(-c5ccccc5)cc4)n3)c21. The molecule has 11 aromatic rings. The van der Waals surface area contributed by atoms with E-state index >= 15 is 0 Å². The van der Waals surface area contributed by atoms with Crippen molar-refractivity contribution in [2.45, 2.75) is 12.0 Å². The molecule has 0 radical (unpaired) electrons. The molecule has 9 aromatic carbocycles. The van der Waals surface area contributed by atoms with Gasteiger partial charge in [0.15, 0.2) is 17.5 Å². The molecule has 0 N–H and O–H groups in total. The van der Waals surface area contributed by atoms with E-state index in [2.05, 4.69) is 229 Å². The summed E-state index contributed by atoms with van der Waals surface area (Å²) in [6.07, 6.45) is 4.47. The molecule has 5 nitrogen and oxygen atoms in total. The largest absolute Gasteiger partial charge is 0.456 e. The first kappa shape index (κ1) is 39.4. The van der Waals surface area contributed by atoms with Crippen LogP contribution in [-0.4, -0.2) is 21.0 Å². The van der Waals surface area contributed by atoms with E-state index in [4.69, 9.17) is 19.4 Å². The van der Waals surface area contributed by atoms with Gasteiger partial charge in [0, 0.05) is 44.9 Å². The smallest absolute Gasteiger partial charge is 0.164 e. The zero-order valence-electron chi connectivity index (χ0n) is 36.9. The summed E-state index contributed by atoms with van der Waals surface area (Å²) in [7, 11) is 0. The Morgan fingerprint density at radius 2 is 0.838 bits per heavy atom. The maximum Gasteiger partial charge on any atom is 0.164 e. The van der Waals surface area contributed by atoms with Gasteiger partial charge < -0.3 is 9.32 Å². The standard InChI is InChI=1S/C63H42N4O/c1-4-14-41(15-5-1)44-26-30-47(31-27-44)61-64-62(48-32-28-45(29-33-48)42-16-6-2-7-17-42)66-63(65-61)53-23-13-25-56-59(53)60-57(68-56)39-38-55-58(60)52-22-10-11-24-54(52)67(55)51-36-34-46(35-37-51)50-21-12-20-49(40-50)43-18-8-3-9-19-43/h1-40,55,58H. The first-order valence-corrected chi connectivity index (χ1v) is 23.2. The maximum atomic E-state index is 6.79. The second-order valence-corrected chi connectivity index (χ2v) is 17.5. The number of hydrogen-bond donors (Lipinski definition) is 0. The highest BCUT2D eigenvalue weighted by Gasteiger charge is 2.44.